The quantitative estimate of drug-likeness (QED) is 0.747. The average molecular weight is 277 g/mol. The van der Waals surface area contributed by atoms with Crippen molar-refractivity contribution in [2.75, 3.05) is 5.32 Å². The van der Waals surface area contributed by atoms with Gasteiger partial charge in [0.1, 0.15) is 0 Å². The van der Waals surface area contributed by atoms with Gasteiger partial charge in [-0.25, -0.2) is 4.98 Å². The standard InChI is InChI=1S/C13H12ClN5/c1-19-8-16-10-11(17-13(14)18-12(10)19)15-7-9-5-3-2-4-6-9/h2-6,8H,7H2,1H3,(H,15,17,18)/i1D3. The molecule has 0 atom stereocenters. The number of hydrogen-bond acceptors (Lipinski definition) is 4. The molecule has 2 aromatic heterocycles. The van der Waals surface area contributed by atoms with Crippen molar-refractivity contribution in [3.8, 4) is 0 Å². The third-order valence-electron chi connectivity index (χ3n) is 2.67. The normalized spacial score (nSPS) is 13.8. The van der Waals surface area contributed by atoms with Crippen LogP contribution in [0.15, 0.2) is 36.7 Å². The molecule has 1 aromatic carbocycles. The van der Waals surface area contributed by atoms with Gasteiger partial charge in [-0.05, 0) is 17.2 Å². The van der Waals surface area contributed by atoms with E-state index in [1.54, 1.807) is 0 Å². The number of nitrogens with zero attached hydrogens (tertiary/aromatic N) is 4. The Morgan fingerprint density at radius 3 is 2.95 bits per heavy atom. The minimum atomic E-state index is -2.37. The van der Waals surface area contributed by atoms with Crippen LogP contribution in [0.1, 0.15) is 9.68 Å². The Bertz CT molecular complexity index is 801. The molecule has 0 radical (unpaired) electrons. The zero-order chi connectivity index (χ0) is 15.7. The molecule has 0 aliphatic rings. The number of fused-ring (bicyclic) bond motifs is 1. The summed E-state index contributed by atoms with van der Waals surface area (Å²) in [5, 5.41) is 3.08. The Balaban J connectivity index is 1.98. The monoisotopic (exact) mass is 276 g/mol. The fraction of sp³-hybridized carbons (Fsp3) is 0.154. The molecule has 0 bridgehead atoms. The number of nitrogens with one attached hydrogen (secondary N) is 1. The van der Waals surface area contributed by atoms with E-state index in [0.717, 1.165) is 10.1 Å². The third kappa shape index (κ3) is 2.37. The molecule has 3 aromatic rings. The molecule has 0 aliphatic carbocycles. The van der Waals surface area contributed by atoms with Crippen LogP contribution in [0.3, 0.4) is 0 Å². The van der Waals surface area contributed by atoms with Gasteiger partial charge in [-0.1, -0.05) is 30.3 Å². The van der Waals surface area contributed by atoms with Crippen LogP contribution in [0, 0.1) is 0 Å². The van der Waals surface area contributed by atoms with Crippen molar-refractivity contribution >= 4 is 28.6 Å². The van der Waals surface area contributed by atoms with Gasteiger partial charge in [0.2, 0.25) is 5.28 Å². The minimum absolute atomic E-state index is 0.0333. The van der Waals surface area contributed by atoms with Crippen LogP contribution in [-0.4, -0.2) is 19.5 Å². The van der Waals surface area contributed by atoms with E-state index in [0.29, 0.717) is 17.9 Å². The predicted molar refractivity (Wildman–Crippen MR) is 75.1 cm³/mol. The molecular weight excluding hydrogens is 262 g/mol. The van der Waals surface area contributed by atoms with Gasteiger partial charge < -0.3 is 9.88 Å². The van der Waals surface area contributed by atoms with E-state index in [4.69, 9.17) is 15.7 Å². The van der Waals surface area contributed by atoms with Crippen molar-refractivity contribution in [2.24, 2.45) is 6.98 Å². The molecule has 96 valence electrons. The lowest BCUT2D eigenvalue weighted by atomic mass is 10.2. The maximum Gasteiger partial charge on any atom is 0.226 e. The van der Waals surface area contributed by atoms with Crippen LogP contribution in [0.5, 0.6) is 0 Å². The zero-order valence-electron chi connectivity index (χ0n) is 12.8. The highest BCUT2D eigenvalue weighted by molar-refractivity contribution is 6.28. The van der Waals surface area contributed by atoms with Crippen molar-refractivity contribution in [3.63, 3.8) is 0 Å². The van der Waals surface area contributed by atoms with E-state index >= 15 is 0 Å². The maximum atomic E-state index is 7.48. The molecule has 6 heteroatoms. The SMILES string of the molecule is [2H]C([2H])([2H])n1cnc2c(NCc3ccccc3)nc(Cl)nc21. The molecule has 0 aliphatic heterocycles. The molecule has 0 amide bonds. The van der Waals surface area contributed by atoms with Crippen molar-refractivity contribution in [2.45, 2.75) is 6.54 Å². The van der Waals surface area contributed by atoms with Crippen molar-refractivity contribution in [3.05, 3.63) is 47.5 Å². The van der Waals surface area contributed by atoms with Crippen molar-refractivity contribution < 1.29 is 4.11 Å². The molecular formula is C13H12ClN5. The second kappa shape index (κ2) is 4.85. The summed E-state index contributed by atoms with van der Waals surface area (Å²) in [6, 6.07) is 9.73. The van der Waals surface area contributed by atoms with Crippen LogP contribution < -0.4 is 5.32 Å². The number of benzene rings is 1. The summed E-state index contributed by atoms with van der Waals surface area (Å²) in [5.41, 5.74) is 1.60. The lowest BCUT2D eigenvalue weighted by molar-refractivity contribution is 0.928. The summed E-state index contributed by atoms with van der Waals surface area (Å²) in [4.78, 5) is 12.2. The lowest BCUT2D eigenvalue weighted by Crippen LogP contribution is -2.03. The number of anilines is 1. The highest BCUT2D eigenvalue weighted by Gasteiger charge is 2.10. The van der Waals surface area contributed by atoms with Gasteiger partial charge in [-0.15, -0.1) is 0 Å². The summed E-state index contributed by atoms with van der Waals surface area (Å²) >= 11 is 5.90. The molecule has 1 N–H and O–H groups in total. The van der Waals surface area contributed by atoms with Gasteiger partial charge in [0.25, 0.3) is 0 Å². The molecule has 19 heavy (non-hydrogen) atoms. The molecule has 2 heterocycles. The molecule has 5 nitrogen and oxygen atoms in total. The number of hydrogen-bond donors (Lipinski definition) is 1. The Hall–Kier alpha value is -2.14. The second-order valence-electron chi connectivity index (χ2n) is 3.97. The van der Waals surface area contributed by atoms with E-state index < -0.39 is 6.98 Å². The maximum absolute atomic E-state index is 7.48. The second-order valence-corrected chi connectivity index (χ2v) is 4.31. The van der Waals surface area contributed by atoms with Gasteiger partial charge in [-0.2, -0.15) is 9.97 Å². The molecule has 3 rings (SSSR count). The minimum Gasteiger partial charge on any atom is -0.364 e. The van der Waals surface area contributed by atoms with Crippen LogP contribution in [0.2, 0.25) is 5.28 Å². The van der Waals surface area contributed by atoms with E-state index in [9.17, 15) is 0 Å². The number of halogens is 1. The average Bonchev–Trinajstić information content (AvgIpc) is 2.89. The Kier molecular flexibility index (Phi) is 2.27. The number of aryl methyl sites for hydroxylation is 1. The molecule has 0 saturated carbocycles. The van der Waals surface area contributed by atoms with Gasteiger partial charge in [0, 0.05) is 17.6 Å². The summed E-state index contributed by atoms with van der Waals surface area (Å²) in [6.07, 6.45) is 1.22. The first-order valence-corrected chi connectivity index (χ1v) is 6.02. The van der Waals surface area contributed by atoms with E-state index in [1.807, 2.05) is 30.3 Å². The third-order valence-corrected chi connectivity index (χ3v) is 2.84. The number of rotatable bonds is 3. The van der Waals surface area contributed by atoms with Crippen molar-refractivity contribution in [1.82, 2.24) is 19.5 Å². The molecule has 0 fully saturated rings. The molecule has 0 unspecified atom stereocenters. The molecule has 0 spiro atoms. The van der Waals surface area contributed by atoms with Gasteiger partial charge in [-0.3, -0.25) is 0 Å². The summed E-state index contributed by atoms with van der Waals surface area (Å²) < 4.78 is 23.4. The van der Waals surface area contributed by atoms with E-state index in [2.05, 4.69) is 20.3 Å². The van der Waals surface area contributed by atoms with Gasteiger partial charge in [0.05, 0.1) is 6.33 Å². The first-order valence-electron chi connectivity index (χ1n) is 7.14. The highest BCUT2D eigenvalue weighted by Crippen LogP contribution is 2.20. The van der Waals surface area contributed by atoms with Crippen LogP contribution in [0.25, 0.3) is 11.2 Å². The topological polar surface area (TPSA) is 55.6 Å². The smallest absolute Gasteiger partial charge is 0.226 e. The lowest BCUT2D eigenvalue weighted by Gasteiger charge is -2.06. The fourth-order valence-electron chi connectivity index (χ4n) is 1.78. The largest absolute Gasteiger partial charge is 0.364 e. The Labute approximate surface area is 119 Å². The first-order chi connectivity index (χ1) is 10.4. The van der Waals surface area contributed by atoms with Crippen LogP contribution in [0.4, 0.5) is 5.82 Å². The van der Waals surface area contributed by atoms with Crippen LogP contribution in [-0.2, 0) is 13.5 Å². The first kappa shape index (κ1) is 8.87. The summed E-state index contributed by atoms with van der Waals surface area (Å²) in [7, 11) is 0. The highest BCUT2D eigenvalue weighted by atomic mass is 35.5. The summed E-state index contributed by atoms with van der Waals surface area (Å²) in [5.74, 6) is 0.404. The number of aromatic nitrogens is 4. The Morgan fingerprint density at radius 1 is 1.32 bits per heavy atom. The fourth-order valence-corrected chi connectivity index (χ4v) is 1.94. The van der Waals surface area contributed by atoms with E-state index in [1.165, 1.54) is 6.33 Å². The van der Waals surface area contributed by atoms with Gasteiger partial charge >= 0.3 is 0 Å². The van der Waals surface area contributed by atoms with E-state index in [-0.39, 0.29) is 10.9 Å². The zero-order valence-corrected chi connectivity index (χ0v) is 10.6. The van der Waals surface area contributed by atoms with Crippen LogP contribution >= 0.6 is 11.6 Å². The summed E-state index contributed by atoms with van der Waals surface area (Å²) in [6.45, 7) is -1.85. The number of imidazole rings is 1. The van der Waals surface area contributed by atoms with Gasteiger partial charge in [0.15, 0.2) is 17.0 Å². The Morgan fingerprint density at radius 2 is 2.16 bits per heavy atom. The molecule has 0 saturated heterocycles. The van der Waals surface area contributed by atoms with Crippen molar-refractivity contribution in [1.29, 1.82) is 0 Å². The predicted octanol–water partition coefficient (Wildman–Crippen LogP) is 2.63.